The second kappa shape index (κ2) is 14.1. The molecule has 9 heteroatoms. The second-order valence-corrected chi connectivity index (χ2v) is 9.72. The van der Waals surface area contributed by atoms with Crippen molar-refractivity contribution in [2.75, 3.05) is 25.5 Å². The van der Waals surface area contributed by atoms with Crippen molar-refractivity contribution in [3.63, 3.8) is 0 Å². The zero-order chi connectivity index (χ0) is 27.4. The van der Waals surface area contributed by atoms with Crippen LogP contribution in [0.4, 0.5) is 10.5 Å². The lowest BCUT2D eigenvalue weighted by Crippen LogP contribution is -2.47. The summed E-state index contributed by atoms with van der Waals surface area (Å²) in [5, 5.41) is 15.2. The van der Waals surface area contributed by atoms with Crippen molar-refractivity contribution in [3.8, 4) is 11.5 Å². The number of carbonyl (C=O) groups is 3. The molecular formula is C28H39N3O6. The maximum atomic E-state index is 13.6. The molecule has 37 heavy (non-hydrogen) atoms. The van der Waals surface area contributed by atoms with Gasteiger partial charge >= 0.3 is 6.09 Å². The minimum absolute atomic E-state index is 0.0467. The Kier molecular flexibility index (Phi) is 11.2. The molecule has 0 heterocycles. The minimum Gasteiger partial charge on any atom is -0.508 e. The van der Waals surface area contributed by atoms with Crippen LogP contribution < -0.4 is 15.4 Å². The van der Waals surface area contributed by atoms with Crippen LogP contribution >= 0.6 is 0 Å². The molecule has 2 aromatic rings. The third kappa shape index (κ3) is 10.0. The van der Waals surface area contributed by atoms with Crippen molar-refractivity contribution in [3.05, 3.63) is 54.1 Å². The van der Waals surface area contributed by atoms with E-state index in [1.807, 2.05) is 0 Å². The van der Waals surface area contributed by atoms with Crippen molar-refractivity contribution in [1.82, 2.24) is 10.2 Å². The number of benzene rings is 2. The molecule has 0 saturated heterocycles. The van der Waals surface area contributed by atoms with Crippen molar-refractivity contribution in [1.29, 1.82) is 0 Å². The van der Waals surface area contributed by atoms with Gasteiger partial charge in [0.15, 0.2) is 0 Å². The molecule has 3 amide bonds. The van der Waals surface area contributed by atoms with Gasteiger partial charge in [0, 0.05) is 12.2 Å². The lowest BCUT2D eigenvalue weighted by molar-refractivity contribution is -0.138. The number of anilines is 1. The molecule has 1 atom stereocenters. The van der Waals surface area contributed by atoms with Gasteiger partial charge in [0.25, 0.3) is 5.91 Å². The van der Waals surface area contributed by atoms with Gasteiger partial charge in [-0.15, -0.1) is 0 Å². The van der Waals surface area contributed by atoms with Crippen LogP contribution in [0.2, 0.25) is 0 Å². The van der Waals surface area contributed by atoms with Crippen LogP contribution in [0.15, 0.2) is 48.5 Å². The van der Waals surface area contributed by atoms with E-state index in [1.54, 1.807) is 64.3 Å². The monoisotopic (exact) mass is 513 g/mol. The van der Waals surface area contributed by atoms with E-state index in [2.05, 4.69) is 17.6 Å². The number of nitrogens with zero attached hydrogens (tertiary/aromatic N) is 1. The van der Waals surface area contributed by atoms with Crippen LogP contribution in [0.3, 0.4) is 0 Å². The van der Waals surface area contributed by atoms with E-state index in [1.165, 1.54) is 17.0 Å². The van der Waals surface area contributed by atoms with E-state index in [-0.39, 0.29) is 12.3 Å². The fourth-order valence-electron chi connectivity index (χ4n) is 3.68. The fraction of sp³-hybridized carbons (Fsp3) is 0.464. The SMILES string of the molecule is CCCCCCN(C(=O)CNC(=O)OC(C)(C)C)C(C(=O)Nc1ccc(OC)cc1)c1ccc(O)cc1. The molecule has 2 aromatic carbocycles. The first-order chi connectivity index (χ1) is 17.5. The largest absolute Gasteiger partial charge is 0.508 e. The van der Waals surface area contributed by atoms with Crippen molar-refractivity contribution >= 4 is 23.6 Å². The van der Waals surface area contributed by atoms with Crippen LogP contribution in [-0.2, 0) is 14.3 Å². The third-order valence-electron chi connectivity index (χ3n) is 5.48. The Hall–Kier alpha value is -3.75. The Morgan fingerprint density at radius 3 is 2.19 bits per heavy atom. The molecule has 0 aromatic heterocycles. The number of phenolic OH excluding ortho intramolecular Hbond substituents is 1. The summed E-state index contributed by atoms with van der Waals surface area (Å²) in [7, 11) is 1.56. The van der Waals surface area contributed by atoms with Gasteiger partial charge < -0.3 is 30.1 Å². The first-order valence-corrected chi connectivity index (χ1v) is 12.5. The average Bonchev–Trinajstić information content (AvgIpc) is 2.84. The Morgan fingerprint density at radius 2 is 1.62 bits per heavy atom. The number of ether oxygens (including phenoxy) is 2. The molecule has 0 aliphatic rings. The van der Waals surface area contributed by atoms with Crippen molar-refractivity contribution < 1.29 is 29.0 Å². The quantitative estimate of drug-likeness (QED) is 0.343. The number of methoxy groups -OCH3 is 1. The number of alkyl carbamates (subject to hydrolysis) is 1. The van der Waals surface area contributed by atoms with Crippen LogP contribution in [0.1, 0.15) is 65.0 Å². The zero-order valence-electron chi connectivity index (χ0n) is 22.4. The Balaban J connectivity index is 2.33. The number of amides is 3. The first kappa shape index (κ1) is 29.5. The molecule has 2 rings (SSSR count). The highest BCUT2D eigenvalue weighted by Crippen LogP contribution is 2.26. The maximum Gasteiger partial charge on any atom is 0.408 e. The number of carbonyl (C=O) groups excluding carboxylic acids is 3. The molecule has 3 N–H and O–H groups in total. The van der Waals surface area contributed by atoms with E-state index >= 15 is 0 Å². The van der Waals surface area contributed by atoms with E-state index in [4.69, 9.17) is 9.47 Å². The highest BCUT2D eigenvalue weighted by molar-refractivity contribution is 5.98. The van der Waals surface area contributed by atoms with Gasteiger partial charge in [0.05, 0.1) is 7.11 Å². The molecule has 0 spiro atoms. The molecular weight excluding hydrogens is 474 g/mol. The van der Waals surface area contributed by atoms with Gasteiger partial charge in [0.1, 0.15) is 29.7 Å². The number of hydrogen-bond donors (Lipinski definition) is 3. The lowest BCUT2D eigenvalue weighted by atomic mass is 10.0. The molecule has 0 fully saturated rings. The third-order valence-corrected chi connectivity index (χ3v) is 5.48. The van der Waals surface area contributed by atoms with Crippen LogP contribution in [0.5, 0.6) is 11.5 Å². The van der Waals surface area contributed by atoms with Gasteiger partial charge in [-0.25, -0.2) is 4.79 Å². The van der Waals surface area contributed by atoms with Gasteiger partial charge in [-0.2, -0.15) is 0 Å². The molecule has 202 valence electrons. The fourth-order valence-corrected chi connectivity index (χ4v) is 3.68. The number of aromatic hydroxyl groups is 1. The Morgan fingerprint density at radius 1 is 0.973 bits per heavy atom. The van der Waals surface area contributed by atoms with Crippen molar-refractivity contribution in [2.24, 2.45) is 0 Å². The molecule has 0 bridgehead atoms. The summed E-state index contributed by atoms with van der Waals surface area (Å²) in [5.41, 5.74) is 0.365. The van der Waals surface area contributed by atoms with E-state index < -0.39 is 29.6 Å². The summed E-state index contributed by atoms with van der Waals surface area (Å²) in [6, 6.07) is 12.1. The number of rotatable bonds is 12. The molecule has 9 nitrogen and oxygen atoms in total. The Labute approximate surface area is 219 Å². The zero-order valence-corrected chi connectivity index (χ0v) is 22.4. The number of phenols is 1. The predicted molar refractivity (Wildman–Crippen MR) is 143 cm³/mol. The summed E-state index contributed by atoms with van der Waals surface area (Å²) in [6.45, 7) is 7.29. The normalized spacial score (nSPS) is 11.8. The summed E-state index contributed by atoms with van der Waals surface area (Å²) in [6.07, 6.45) is 2.89. The molecule has 0 radical (unpaired) electrons. The van der Waals surface area contributed by atoms with Gasteiger partial charge in [0.2, 0.25) is 5.91 Å². The van der Waals surface area contributed by atoms with E-state index in [0.29, 0.717) is 30.0 Å². The average molecular weight is 514 g/mol. The first-order valence-electron chi connectivity index (χ1n) is 12.5. The van der Waals surface area contributed by atoms with Gasteiger partial charge in [-0.1, -0.05) is 38.3 Å². The highest BCUT2D eigenvalue weighted by Gasteiger charge is 2.32. The molecule has 1 unspecified atom stereocenters. The van der Waals surface area contributed by atoms with Gasteiger partial charge in [-0.3, -0.25) is 9.59 Å². The van der Waals surface area contributed by atoms with E-state index in [0.717, 1.165) is 19.3 Å². The number of unbranched alkanes of at least 4 members (excludes halogenated alkanes) is 3. The predicted octanol–water partition coefficient (Wildman–Crippen LogP) is 5.01. The number of hydrogen-bond acceptors (Lipinski definition) is 6. The smallest absolute Gasteiger partial charge is 0.408 e. The van der Waals surface area contributed by atoms with Crippen LogP contribution in [-0.4, -0.2) is 53.7 Å². The Bertz CT molecular complexity index is 1020. The summed E-state index contributed by atoms with van der Waals surface area (Å²) >= 11 is 0. The van der Waals surface area contributed by atoms with Crippen LogP contribution in [0, 0.1) is 0 Å². The molecule has 0 saturated carbocycles. The highest BCUT2D eigenvalue weighted by atomic mass is 16.6. The second-order valence-electron chi connectivity index (χ2n) is 9.72. The van der Waals surface area contributed by atoms with Crippen LogP contribution in [0.25, 0.3) is 0 Å². The van der Waals surface area contributed by atoms with E-state index in [9.17, 15) is 19.5 Å². The standard InChI is InChI=1S/C28H39N3O6/c1-6-7-8-9-18-31(24(33)19-29-27(35)37-28(2,3)4)25(20-10-14-22(32)15-11-20)26(34)30-21-12-16-23(36-5)17-13-21/h10-17,25,32H,6-9,18-19H2,1-5H3,(H,29,35)(H,30,34). The molecule has 0 aliphatic carbocycles. The summed E-state index contributed by atoms with van der Waals surface area (Å²) in [5.74, 6) is -0.151. The number of nitrogens with one attached hydrogen (secondary N) is 2. The molecule has 0 aliphatic heterocycles. The summed E-state index contributed by atoms with van der Waals surface area (Å²) < 4.78 is 10.4. The lowest BCUT2D eigenvalue weighted by Gasteiger charge is -2.32. The minimum atomic E-state index is -0.989. The van der Waals surface area contributed by atoms with Gasteiger partial charge in [-0.05, 0) is 69.2 Å². The summed E-state index contributed by atoms with van der Waals surface area (Å²) in [4.78, 5) is 40.6. The maximum absolute atomic E-state index is 13.6. The van der Waals surface area contributed by atoms with Crippen molar-refractivity contribution in [2.45, 2.75) is 65.0 Å². The topological polar surface area (TPSA) is 117 Å².